The summed E-state index contributed by atoms with van der Waals surface area (Å²) in [5.74, 6) is -0.116. The van der Waals surface area contributed by atoms with Crippen LogP contribution in [0.4, 0.5) is 4.39 Å². The van der Waals surface area contributed by atoms with Gasteiger partial charge in [-0.15, -0.1) is 0 Å². The molecule has 1 aromatic rings. The molecule has 0 aromatic heterocycles. The van der Waals surface area contributed by atoms with Crippen molar-refractivity contribution in [3.05, 3.63) is 35.6 Å². The highest BCUT2D eigenvalue weighted by atomic mass is 19.1. The van der Waals surface area contributed by atoms with Gasteiger partial charge in [-0.1, -0.05) is 32.0 Å². The first-order valence-electron chi connectivity index (χ1n) is 6.18. The first-order chi connectivity index (χ1) is 8.08. The lowest BCUT2D eigenvalue weighted by molar-refractivity contribution is 0.442. The zero-order valence-corrected chi connectivity index (χ0v) is 11.0. The molecular formula is C14H23FN2. The molecule has 0 aliphatic heterocycles. The maximum absolute atomic E-state index is 13.7. The smallest absolute Gasteiger partial charge is 0.126 e. The Morgan fingerprint density at radius 3 is 2.53 bits per heavy atom. The summed E-state index contributed by atoms with van der Waals surface area (Å²) in [5.41, 5.74) is 0.603. The molecule has 96 valence electrons. The summed E-state index contributed by atoms with van der Waals surface area (Å²) in [4.78, 5) is 0. The molecule has 1 rings (SSSR count). The lowest BCUT2D eigenvalue weighted by atomic mass is 9.84. The number of hydrogen-bond donors (Lipinski definition) is 2. The van der Waals surface area contributed by atoms with E-state index in [1.165, 1.54) is 6.07 Å². The minimum Gasteiger partial charge on any atom is -0.320 e. The van der Waals surface area contributed by atoms with Crippen LogP contribution >= 0.6 is 0 Å². The minimum atomic E-state index is -0.176. The van der Waals surface area contributed by atoms with Crippen LogP contribution in [0.15, 0.2) is 24.3 Å². The average Bonchev–Trinajstić information content (AvgIpc) is 2.29. The number of rotatable bonds is 7. The Bertz CT molecular complexity index is 337. The van der Waals surface area contributed by atoms with Crippen LogP contribution in [0, 0.1) is 5.82 Å². The molecular weight excluding hydrogens is 215 g/mol. The van der Waals surface area contributed by atoms with Crippen molar-refractivity contribution < 1.29 is 4.39 Å². The van der Waals surface area contributed by atoms with Crippen molar-refractivity contribution in [2.24, 2.45) is 0 Å². The summed E-state index contributed by atoms with van der Waals surface area (Å²) in [6.45, 7) is 6.89. The van der Waals surface area contributed by atoms with Gasteiger partial charge < -0.3 is 10.6 Å². The third-order valence-corrected chi connectivity index (χ3v) is 2.95. The number of hydrogen-bond acceptors (Lipinski definition) is 2. The third-order valence-electron chi connectivity index (χ3n) is 2.95. The molecule has 0 aliphatic carbocycles. The van der Waals surface area contributed by atoms with E-state index in [0.717, 1.165) is 31.6 Å². The first kappa shape index (κ1) is 14.1. The Kier molecular flexibility index (Phi) is 5.59. The lowest BCUT2D eigenvalue weighted by Crippen LogP contribution is -2.34. The Morgan fingerprint density at radius 2 is 1.88 bits per heavy atom. The lowest BCUT2D eigenvalue weighted by Gasteiger charge is -2.26. The molecule has 0 radical (unpaired) electrons. The predicted molar refractivity (Wildman–Crippen MR) is 70.8 cm³/mol. The van der Waals surface area contributed by atoms with E-state index in [2.05, 4.69) is 24.5 Å². The van der Waals surface area contributed by atoms with Crippen molar-refractivity contribution >= 4 is 0 Å². The number of nitrogens with one attached hydrogen (secondary N) is 2. The van der Waals surface area contributed by atoms with Gasteiger partial charge in [0, 0.05) is 12.0 Å². The molecule has 0 amide bonds. The van der Waals surface area contributed by atoms with Crippen molar-refractivity contribution in [2.75, 3.05) is 26.7 Å². The van der Waals surface area contributed by atoms with Gasteiger partial charge in [0.1, 0.15) is 5.82 Å². The molecule has 3 heteroatoms. The quantitative estimate of drug-likeness (QED) is 0.712. The highest BCUT2D eigenvalue weighted by Gasteiger charge is 2.22. The van der Waals surface area contributed by atoms with Gasteiger partial charge in [0.05, 0.1) is 0 Å². The SMILES string of the molecule is CNCCCNCC(C)(C)c1ccccc1F. The van der Waals surface area contributed by atoms with E-state index in [9.17, 15) is 4.39 Å². The second-order valence-electron chi connectivity index (χ2n) is 5.00. The largest absolute Gasteiger partial charge is 0.320 e. The van der Waals surface area contributed by atoms with Gasteiger partial charge in [-0.25, -0.2) is 4.39 Å². The molecule has 0 bridgehead atoms. The van der Waals surface area contributed by atoms with Crippen LogP contribution in [-0.4, -0.2) is 26.7 Å². The number of benzene rings is 1. The zero-order valence-electron chi connectivity index (χ0n) is 11.0. The van der Waals surface area contributed by atoms with E-state index in [-0.39, 0.29) is 11.2 Å². The molecule has 1 aromatic carbocycles. The molecule has 0 saturated carbocycles. The van der Waals surface area contributed by atoms with E-state index in [1.807, 2.05) is 19.2 Å². The van der Waals surface area contributed by atoms with Crippen molar-refractivity contribution in [1.82, 2.24) is 10.6 Å². The van der Waals surface area contributed by atoms with Crippen molar-refractivity contribution in [3.8, 4) is 0 Å². The van der Waals surface area contributed by atoms with Crippen LogP contribution in [0.25, 0.3) is 0 Å². The summed E-state index contributed by atoms with van der Waals surface area (Å²) in [6.07, 6.45) is 1.09. The molecule has 2 nitrogen and oxygen atoms in total. The normalized spacial score (nSPS) is 11.8. The zero-order chi connectivity index (χ0) is 12.7. The Labute approximate surface area is 104 Å². The second-order valence-corrected chi connectivity index (χ2v) is 5.00. The monoisotopic (exact) mass is 238 g/mol. The fourth-order valence-electron chi connectivity index (χ4n) is 1.90. The molecule has 0 unspecified atom stereocenters. The summed E-state index contributed by atoms with van der Waals surface area (Å²) >= 11 is 0. The van der Waals surface area contributed by atoms with Gasteiger partial charge >= 0.3 is 0 Å². The van der Waals surface area contributed by atoms with Crippen LogP contribution in [0.5, 0.6) is 0 Å². The minimum absolute atomic E-state index is 0.116. The maximum atomic E-state index is 13.7. The molecule has 0 heterocycles. The van der Waals surface area contributed by atoms with Crippen molar-refractivity contribution in [2.45, 2.75) is 25.7 Å². The Morgan fingerprint density at radius 1 is 1.18 bits per heavy atom. The first-order valence-corrected chi connectivity index (χ1v) is 6.18. The fourth-order valence-corrected chi connectivity index (χ4v) is 1.90. The van der Waals surface area contributed by atoms with E-state index >= 15 is 0 Å². The molecule has 17 heavy (non-hydrogen) atoms. The van der Waals surface area contributed by atoms with Crippen molar-refractivity contribution in [1.29, 1.82) is 0 Å². The highest BCUT2D eigenvalue weighted by molar-refractivity contribution is 5.25. The van der Waals surface area contributed by atoms with E-state index in [0.29, 0.717) is 0 Å². The second kappa shape index (κ2) is 6.72. The van der Waals surface area contributed by atoms with Crippen LogP contribution in [0.1, 0.15) is 25.8 Å². The number of halogens is 1. The van der Waals surface area contributed by atoms with Gasteiger partial charge in [0.25, 0.3) is 0 Å². The van der Waals surface area contributed by atoms with Gasteiger partial charge in [0.2, 0.25) is 0 Å². The van der Waals surface area contributed by atoms with Crippen LogP contribution in [-0.2, 0) is 5.41 Å². The van der Waals surface area contributed by atoms with Gasteiger partial charge in [-0.05, 0) is 38.2 Å². The molecule has 0 saturated heterocycles. The topological polar surface area (TPSA) is 24.1 Å². The Hall–Kier alpha value is -0.930. The van der Waals surface area contributed by atoms with E-state index < -0.39 is 0 Å². The summed E-state index contributed by atoms with van der Waals surface area (Å²) in [5, 5.41) is 6.49. The van der Waals surface area contributed by atoms with E-state index in [4.69, 9.17) is 0 Å². The summed E-state index contributed by atoms with van der Waals surface area (Å²) in [6, 6.07) is 7.01. The predicted octanol–water partition coefficient (Wildman–Crippen LogP) is 2.30. The molecule has 0 atom stereocenters. The Balaban J connectivity index is 2.48. The fraction of sp³-hybridized carbons (Fsp3) is 0.571. The molecule has 2 N–H and O–H groups in total. The molecule has 0 spiro atoms. The summed E-state index contributed by atoms with van der Waals surface area (Å²) < 4.78 is 13.7. The standard InChI is InChI=1S/C14H23FN2/c1-14(2,11-17-10-6-9-16-3)12-7-4-5-8-13(12)15/h4-5,7-8,16-17H,6,9-11H2,1-3H3. The van der Waals surface area contributed by atoms with Crippen LogP contribution < -0.4 is 10.6 Å². The highest BCUT2D eigenvalue weighted by Crippen LogP contribution is 2.24. The molecule has 0 aliphatic rings. The average molecular weight is 238 g/mol. The third kappa shape index (κ3) is 4.44. The van der Waals surface area contributed by atoms with Gasteiger partial charge in [-0.3, -0.25) is 0 Å². The van der Waals surface area contributed by atoms with Crippen molar-refractivity contribution in [3.63, 3.8) is 0 Å². The van der Waals surface area contributed by atoms with Gasteiger partial charge in [-0.2, -0.15) is 0 Å². The van der Waals surface area contributed by atoms with E-state index in [1.54, 1.807) is 6.07 Å². The van der Waals surface area contributed by atoms with Gasteiger partial charge in [0.15, 0.2) is 0 Å². The maximum Gasteiger partial charge on any atom is 0.126 e. The van der Waals surface area contributed by atoms with Crippen LogP contribution in [0.2, 0.25) is 0 Å². The summed E-state index contributed by atoms with van der Waals surface area (Å²) in [7, 11) is 1.95. The van der Waals surface area contributed by atoms with Crippen LogP contribution in [0.3, 0.4) is 0 Å². The molecule has 0 fully saturated rings.